The average molecular weight is 266 g/mol. The van der Waals surface area contributed by atoms with Crippen LogP contribution < -0.4 is 5.32 Å². The number of carbonyl (C=O) groups is 1. The monoisotopic (exact) mass is 265 g/mol. The summed E-state index contributed by atoms with van der Waals surface area (Å²) in [7, 11) is 0. The lowest BCUT2D eigenvalue weighted by Crippen LogP contribution is -2.17. The minimum atomic E-state index is -0.167. The zero-order valence-electron chi connectivity index (χ0n) is 9.51. The van der Waals surface area contributed by atoms with E-state index in [-0.39, 0.29) is 19.1 Å². The predicted octanol–water partition coefficient (Wildman–Crippen LogP) is 1.67. The standard InChI is InChI=1S/C12H12ClN3O2/c13-9-1-3-10(4-2-9)15-12(18)6-16-5-11(7-17)14-8-16/h1-5,8,17H,6-7H2,(H,15,18). The van der Waals surface area contributed by atoms with Crippen molar-refractivity contribution < 1.29 is 9.90 Å². The summed E-state index contributed by atoms with van der Waals surface area (Å²) in [6, 6.07) is 6.87. The summed E-state index contributed by atoms with van der Waals surface area (Å²) in [5.41, 5.74) is 1.22. The first-order valence-corrected chi connectivity index (χ1v) is 5.72. The summed E-state index contributed by atoms with van der Waals surface area (Å²) in [4.78, 5) is 15.6. The molecule has 0 unspecified atom stereocenters. The molecule has 0 bridgehead atoms. The number of aliphatic hydroxyl groups excluding tert-OH is 1. The maximum Gasteiger partial charge on any atom is 0.244 e. The highest BCUT2D eigenvalue weighted by atomic mass is 35.5. The lowest BCUT2D eigenvalue weighted by molar-refractivity contribution is -0.116. The molecule has 2 aromatic rings. The molecule has 0 saturated carbocycles. The van der Waals surface area contributed by atoms with E-state index in [4.69, 9.17) is 16.7 Å². The van der Waals surface area contributed by atoms with Crippen LogP contribution >= 0.6 is 11.6 Å². The van der Waals surface area contributed by atoms with Crippen molar-refractivity contribution >= 4 is 23.2 Å². The highest BCUT2D eigenvalue weighted by Crippen LogP contribution is 2.13. The van der Waals surface area contributed by atoms with Gasteiger partial charge in [-0.05, 0) is 24.3 Å². The van der Waals surface area contributed by atoms with Gasteiger partial charge in [0.1, 0.15) is 6.54 Å². The van der Waals surface area contributed by atoms with Crippen LogP contribution in [-0.2, 0) is 17.9 Å². The number of benzene rings is 1. The van der Waals surface area contributed by atoms with Gasteiger partial charge in [0, 0.05) is 16.9 Å². The summed E-state index contributed by atoms with van der Waals surface area (Å²) >= 11 is 5.75. The molecule has 0 saturated heterocycles. The molecule has 1 heterocycles. The van der Waals surface area contributed by atoms with E-state index in [2.05, 4.69) is 10.3 Å². The maximum atomic E-state index is 11.7. The fraction of sp³-hybridized carbons (Fsp3) is 0.167. The smallest absolute Gasteiger partial charge is 0.244 e. The Kier molecular flexibility index (Phi) is 3.96. The highest BCUT2D eigenvalue weighted by Gasteiger charge is 2.04. The lowest BCUT2D eigenvalue weighted by atomic mass is 10.3. The van der Waals surface area contributed by atoms with Gasteiger partial charge in [-0.1, -0.05) is 11.6 Å². The number of halogens is 1. The van der Waals surface area contributed by atoms with Crippen molar-refractivity contribution in [2.24, 2.45) is 0 Å². The highest BCUT2D eigenvalue weighted by molar-refractivity contribution is 6.30. The first kappa shape index (κ1) is 12.6. The molecule has 0 aliphatic heterocycles. The van der Waals surface area contributed by atoms with Gasteiger partial charge >= 0.3 is 0 Å². The Labute approximate surface area is 109 Å². The molecule has 2 N–H and O–H groups in total. The Morgan fingerprint density at radius 3 is 2.72 bits per heavy atom. The van der Waals surface area contributed by atoms with Gasteiger partial charge < -0.3 is 15.0 Å². The number of aliphatic hydroxyl groups is 1. The third kappa shape index (κ3) is 3.32. The second-order valence-corrected chi connectivity index (χ2v) is 4.19. The number of hydrogen-bond donors (Lipinski definition) is 2. The molecule has 0 spiro atoms. The first-order chi connectivity index (χ1) is 8.67. The van der Waals surface area contributed by atoms with Crippen LogP contribution in [-0.4, -0.2) is 20.6 Å². The third-order valence-corrected chi connectivity index (χ3v) is 2.55. The predicted molar refractivity (Wildman–Crippen MR) is 68.2 cm³/mol. The summed E-state index contributed by atoms with van der Waals surface area (Å²) in [6.07, 6.45) is 3.13. The number of imidazole rings is 1. The van der Waals surface area contributed by atoms with Gasteiger partial charge in [-0.25, -0.2) is 4.98 Å². The van der Waals surface area contributed by atoms with Crippen molar-refractivity contribution in [1.29, 1.82) is 0 Å². The molecule has 0 aliphatic rings. The molecule has 18 heavy (non-hydrogen) atoms. The number of rotatable bonds is 4. The van der Waals surface area contributed by atoms with E-state index in [1.807, 2.05) is 0 Å². The van der Waals surface area contributed by atoms with E-state index >= 15 is 0 Å². The van der Waals surface area contributed by atoms with Crippen LogP contribution in [0.2, 0.25) is 5.02 Å². The van der Waals surface area contributed by atoms with Gasteiger partial charge in [0.15, 0.2) is 0 Å². The van der Waals surface area contributed by atoms with Gasteiger partial charge in [0.25, 0.3) is 0 Å². The molecule has 1 aromatic heterocycles. The van der Waals surface area contributed by atoms with Crippen LogP contribution in [0.4, 0.5) is 5.69 Å². The van der Waals surface area contributed by atoms with Crippen molar-refractivity contribution in [2.75, 3.05) is 5.32 Å². The number of nitrogens with zero attached hydrogens (tertiary/aromatic N) is 2. The van der Waals surface area contributed by atoms with E-state index < -0.39 is 0 Å². The van der Waals surface area contributed by atoms with E-state index in [9.17, 15) is 4.79 Å². The Bertz CT molecular complexity index is 537. The fourth-order valence-corrected chi connectivity index (χ4v) is 1.60. The van der Waals surface area contributed by atoms with Gasteiger partial charge in [0.05, 0.1) is 18.6 Å². The van der Waals surface area contributed by atoms with E-state index in [1.165, 1.54) is 6.33 Å². The van der Waals surface area contributed by atoms with E-state index in [0.29, 0.717) is 16.4 Å². The quantitative estimate of drug-likeness (QED) is 0.884. The first-order valence-electron chi connectivity index (χ1n) is 5.34. The van der Waals surface area contributed by atoms with Crippen molar-refractivity contribution in [2.45, 2.75) is 13.2 Å². The summed E-state index contributed by atoms with van der Waals surface area (Å²) in [5, 5.41) is 12.2. The SMILES string of the molecule is O=C(Cn1cnc(CO)c1)Nc1ccc(Cl)cc1. The number of carbonyl (C=O) groups excluding carboxylic acids is 1. The average Bonchev–Trinajstić information content (AvgIpc) is 2.79. The second-order valence-electron chi connectivity index (χ2n) is 3.75. The molecule has 94 valence electrons. The molecule has 0 aliphatic carbocycles. The lowest BCUT2D eigenvalue weighted by Gasteiger charge is -2.05. The van der Waals surface area contributed by atoms with Crippen LogP contribution in [0.1, 0.15) is 5.69 Å². The molecule has 2 rings (SSSR count). The zero-order valence-corrected chi connectivity index (χ0v) is 10.3. The van der Waals surface area contributed by atoms with E-state index in [0.717, 1.165) is 0 Å². The van der Waals surface area contributed by atoms with Gasteiger partial charge in [0.2, 0.25) is 5.91 Å². The molecule has 1 amide bonds. The minimum absolute atomic E-state index is 0.133. The Hall–Kier alpha value is -1.85. The topological polar surface area (TPSA) is 67.2 Å². The summed E-state index contributed by atoms with van der Waals surface area (Å²) in [6.45, 7) is 0.0153. The molecule has 5 nitrogen and oxygen atoms in total. The largest absolute Gasteiger partial charge is 0.390 e. The fourth-order valence-electron chi connectivity index (χ4n) is 1.47. The van der Waals surface area contributed by atoms with Crippen LogP contribution in [0.5, 0.6) is 0 Å². The van der Waals surface area contributed by atoms with Crippen molar-refractivity contribution in [3.8, 4) is 0 Å². The van der Waals surface area contributed by atoms with Gasteiger partial charge in [-0.3, -0.25) is 4.79 Å². The second kappa shape index (κ2) is 5.66. The number of aromatic nitrogens is 2. The number of nitrogens with one attached hydrogen (secondary N) is 1. The zero-order chi connectivity index (χ0) is 13.0. The Morgan fingerprint density at radius 1 is 1.39 bits per heavy atom. The normalized spacial score (nSPS) is 10.3. The number of hydrogen-bond acceptors (Lipinski definition) is 3. The molecule has 0 fully saturated rings. The molecule has 6 heteroatoms. The molecule has 1 aromatic carbocycles. The Morgan fingerprint density at radius 2 is 2.11 bits per heavy atom. The van der Waals surface area contributed by atoms with Gasteiger partial charge in [-0.15, -0.1) is 0 Å². The molecule has 0 radical (unpaired) electrons. The molecular formula is C12H12ClN3O2. The minimum Gasteiger partial charge on any atom is -0.390 e. The van der Waals surface area contributed by atoms with Crippen molar-refractivity contribution in [3.05, 3.63) is 47.5 Å². The third-order valence-electron chi connectivity index (χ3n) is 2.30. The number of anilines is 1. The van der Waals surface area contributed by atoms with Crippen LogP contribution in [0.15, 0.2) is 36.8 Å². The van der Waals surface area contributed by atoms with Crippen LogP contribution in [0, 0.1) is 0 Å². The van der Waals surface area contributed by atoms with Crippen molar-refractivity contribution in [3.63, 3.8) is 0 Å². The Balaban J connectivity index is 1.94. The molecular weight excluding hydrogens is 254 g/mol. The van der Waals surface area contributed by atoms with E-state index in [1.54, 1.807) is 35.0 Å². The summed E-state index contributed by atoms with van der Waals surface area (Å²) in [5.74, 6) is -0.167. The van der Waals surface area contributed by atoms with Gasteiger partial charge in [-0.2, -0.15) is 0 Å². The summed E-state index contributed by atoms with van der Waals surface area (Å²) < 4.78 is 1.61. The van der Waals surface area contributed by atoms with Crippen LogP contribution in [0.25, 0.3) is 0 Å². The maximum absolute atomic E-state index is 11.7. The van der Waals surface area contributed by atoms with Crippen molar-refractivity contribution in [1.82, 2.24) is 9.55 Å². The molecule has 0 atom stereocenters. The number of amides is 1. The van der Waals surface area contributed by atoms with Crippen LogP contribution in [0.3, 0.4) is 0 Å².